The van der Waals surface area contributed by atoms with Crippen molar-refractivity contribution in [2.24, 2.45) is 5.92 Å². The lowest BCUT2D eigenvalue weighted by atomic mass is 10.2. The van der Waals surface area contributed by atoms with E-state index in [2.05, 4.69) is 10.2 Å². The number of aromatic nitrogens is 2. The molecule has 1 aromatic heterocycles. The van der Waals surface area contributed by atoms with Crippen LogP contribution in [0.4, 0.5) is 19.6 Å². The van der Waals surface area contributed by atoms with E-state index >= 15 is 0 Å². The molecule has 1 amide bonds. The van der Waals surface area contributed by atoms with Crippen LogP contribution < -0.4 is 4.90 Å². The predicted octanol–water partition coefficient (Wildman–Crippen LogP) is 2.31. The fourth-order valence-electron chi connectivity index (χ4n) is 2.06. The van der Waals surface area contributed by atoms with Gasteiger partial charge in [-0.1, -0.05) is 18.9 Å². The second kappa shape index (κ2) is 7.37. The van der Waals surface area contributed by atoms with Crippen LogP contribution in [0.25, 0.3) is 0 Å². The molecule has 22 heavy (non-hydrogen) atoms. The van der Waals surface area contributed by atoms with E-state index < -0.39 is 12.3 Å². The summed E-state index contributed by atoms with van der Waals surface area (Å²) < 4.78 is 35.0. The van der Waals surface area contributed by atoms with Gasteiger partial charge in [0, 0.05) is 26.2 Å². The summed E-state index contributed by atoms with van der Waals surface area (Å²) in [5.74, 6) is -0.411. The quantitative estimate of drug-likeness (QED) is 0.848. The normalized spacial score (nSPS) is 16.3. The number of anilines is 1. The lowest BCUT2D eigenvalue weighted by molar-refractivity contribution is 0.0942. The summed E-state index contributed by atoms with van der Waals surface area (Å²) in [7, 11) is 0. The molecule has 0 bridgehead atoms. The number of halogens is 2. The third-order valence-electron chi connectivity index (χ3n) is 3.18. The van der Waals surface area contributed by atoms with Crippen molar-refractivity contribution in [2.45, 2.75) is 26.7 Å². The second-order valence-electron chi connectivity index (χ2n) is 5.52. The van der Waals surface area contributed by atoms with Gasteiger partial charge in [0.2, 0.25) is 0 Å². The van der Waals surface area contributed by atoms with Gasteiger partial charge in [0.05, 0.1) is 6.61 Å². The van der Waals surface area contributed by atoms with Crippen LogP contribution in [0.15, 0.2) is 4.42 Å². The molecule has 1 aliphatic rings. The fraction of sp³-hybridized carbons (Fsp3) is 0.769. The van der Waals surface area contributed by atoms with Crippen molar-refractivity contribution in [3.8, 4) is 0 Å². The third-order valence-corrected chi connectivity index (χ3v) is 3.18. The topological polar surface area (TPSA) is 71.7 Å². The van der Waals surface area contributed by atoms with E-state index in [4.69, 9.17) is 9.15 Å². The molecule has 1 aliphatic heterocycles. The second-order valence-corrected chi connectivity index (χ2v) is 5.52. The first-order chi connectivity index (χ1) is 10.5. The number of carbonyl (C=O) groups excluding carboxylic acids is 1. The van der Waals surface area contributed by atoms with Crippen LogP contribution in [-0.2, 0) is 4.74 Å². The molecule has 0 atom stereocenters. The highest BCUT2D eigenvalue weighted by Gasteiger charge is 2.24. The zero-order valence-electron chi connectivity index (χ0n) is 12.7. The largest absolute Gasteiger partial charge is 0.449 e. The molecule has 0 radical (unpaired) electrons. The molecule has 9 heteroatoms. The number of hydrogen-bond acceptors (Lipinski definition) is 6. The van der Waals surface area contributed by atoms with Gasteiger partial charge >= 0.3 is 18.5 Å². The van der Waals surface area contributed by atoms with Crippen LogP contribution in [0.1, 0.15) is 32.6 Å². The summed E-state index contributed by atoms with van der Waals surface area (Å²) >= 11 is 0. The third kappa shape index (κ3) is 4.28. The molecule has 0 saturated carbocycles. The van der Waals surface area contributed by atoms with Crippen molar-refractivity contribution in [2.75, 3.05) is 37.7 Å². The summed E-state index contributed by atoms with van der Waals surface area (Å²) in [6.07, 6.45) is -2.46. The molecule has 0 spiro atoms. The van der Waals surface area contributed by atoms with Gasteiger partial charge < -0.3 is 19.0 Å². The van der Waals surface area contributed by atoms with Crippen molar-refractivity contribution < 1.29 is 22.7 Å². The van der Waals surface area contributed by atoms with E-state index in [9.17, 15) is 13.6 Å². The van der Waals surface area contributed by atoms with Crippen LogP contribution in [0.5, 0.6) is 0 Å². The van der Waals surface area contributed by atoms with Crippen molar-refractivity contribution in [3.05, 3.63) is 5.89 Å². The molecule has 0 unspecified atom stereocenters. The zero-order chi connectivity index (χ0) is 16.1. The maximum atomic E-state index is 12.5. The number of ether oxygens (including phenoxy) is 1. The molecule has 1 aromatic rings. The molecule has 2 heterocycles. The average molecular weight is 318 g/mol. The van der Waals surface area contributed by atoms with Gasteiger partial charge in [0.1, 0.15) is 0 Å². The van der Waals surface area contributed by atoms with Crippen LogP contribution in [0.3, 0.4) is 0 Å². The minimum absolute atomic E-state index is 0.0627. The van der Waals surface area contributed by atoms with E-state index in [1.54, 1.807) is 9.80 Å². The number of amides is 1. The predicted molar refractivity (Wildman–Crippen MR) is 73.8 cm³/mol. The molecule has 7 nitrogen and oxygen atoms in total. The Morgan fingerprint density at radius 3 is 2.68 bits per heavy atom. The Morgan fingerprint density at radius 2 is 2.05 bits per heavy atom. The highest BCUT2D eigenvalue weighted by Crippen LogP contribution is 2.22. The average Bonchev–Trinajstić information content (AvgIpc) is 2.83. The van der Waals surface area contributed by atoms with E-state index in [1.165, 1.54) is 0 Å². The number of carbonyl (C=O) groups is 1. The molecule has 0 N–H and O–H groups in total. The summed E-state index contributed by atoms with van der Waals surface area (Å²) in [5, 5.41) is 6.94. The Hall–Kier alpha value is -1.93. The first-order valence-electron chi connectivity index (χ1n) is 7.25. The van der Waals surface area contributed by atoms with Crippen LogP contribution in [-0.4, -0.2) is 54.0 Å². The number of rotatable bonds is 4. The van der Waals surface area contributed by atoms with Crippen molar-refractivity contribution >= 4 is 12.1 Å². The smallest absolute Gasteiger partial charge is 0.409 e. The number of nitrogens with zero attached hydrogens (tertiary/aromatic N) is 4. The van der Waals surface area contributed by atoms with Gasteiger partial charge in [0.15, 0.2) is 0 Å². The molecule has 1 fully saturated rings. The monoisotopic (exact) mass is 318 g/mol. The van der Waals surface area contributed by atoms with E-state index in [0.29, 0.717) is 39.2 Å². The summed E-state index contributed by atoms with van der Waals surface area (Å²) in [6, 6.07) is 0.0627. The van der Waals surface area contributed by atoms with Gasteiger partial charge in [-0.2, -0.15) is 8.78 Å². The van der Waals surface area contributed by atoms with Crippen molar-refractivity contribution in [1.29, 1.82) is 0 Å². The SMILES string of the molecule is CC(C)COC(=O)N1CCCN(c2nnc(C(F)F)o2)CC1. The van der Waals surface area contributed by atoms with Gasteiger partial charge in [0.25, 0.3) is 5.89 Å². The van der Waals surface area contributed by atoms with Crippen molar-refractivity contribution in [1.82, 2.24) is 15.1 Å². The summed E-state index contributed by atoms with van der Waals surface area (Å²) in [4.78, 5) is 15.2. The first-order valence-corrected chi connectivity index (χ1v) is 7.25. The van der Waals surface area contributed by atoms with Gasteiger partial charge in [-0.05, 0) is 12.3 Å². The molecule has 2 rings (SSSR count). The highest BCUT2D eigenvalue weighted by molar-refractivity contribution is 5.67. The minimum atomic E-state index is -2.78. The summed E-state index contributed by atoms with van der Waals surface area (Å²) in [6.45, 7) is 6.26. The molecular formula is C13H20F2N4O3. The van der Waals surface area contributed by atoms with Gasteiger partial charge in [-0.25, -0.2) is 4.79 Å². The van der Waals surface area contributed by atoms with Crippen molar-refractivity contribution in [3.63, 3.8) is 0 Å². The molecule has 0 aromatic carbocycles. The molecule has 124 valence electrons. The number of alkyl halides is 2. The maximum absolute atomic E-state index is 12.5. The Kier molecular flexibility index (Phi) is 5.51. The Bertz CT molecular complexity index is 495. The molecule has 1 saturated heterocycles. The molecular weight excluding hydrogens is 298 g/mol. The minimum Gasteiger partial charge on any atom is -0.449 e. The first kappa shape index (κ1) is 16.4. The van der Waals surface area contributed by atoms with Crippen LogP contribution in [0.2, 0.25) is 0 Å². The van der Waals surface area contributed by atoms with Gasteiger partial charge in [-0.3, -0.25) is 0 Å². The Morgan fingerprint density at radius 1 is 1.27 bits per heavy atom. The number of hydrogen-bond donors (Lipinski definition) is 0. The fourth-order valence-corrected chi connectivity index (χ4v) is 2.06. The molecule has 0 aliphatic carbocycles. The Labute approximate surface area is 127 Å². The maximum Gasteiger partial charge on any atom is 0.409 e. The van der Waals surface area contributed by atoms with Gasteiger partial charge in [-0.15, -0.1) is 5.10 Å². The Balaban J connectivity index is 1.90. The van der Waals surface area contributed by atoms with Crippen LogP contribution >= 0.6 is 0 Å². The van der Waals surface area contributed by atoms with E-state index in [1.807, 2.05) is 13.8 Å². The van der Waals surface area contributed by atoms with E-state index in [0.717, 1.165) is 0 Å². The zero-order valence-corrected chi connectivity index (χ0v) is 12.7. The summed E-state index contributed by atoms with van der Waals surface area (Å²) in [5.41, 5.74) is 0. The lowest BCUT2D eigenvalue weighted by Gasteiger charge is -2.21. The lowest BCUT2D eigenvalue weighted by Crippen LogP contribution is -2.36. The van der Waals surface area contributed by atoms with Crippen LogP contribution in [0, 0.1) is 5.92 Å². The highest BCUT2D eigenvalue weighted by atomic mass is 19.3. The standard InChI is InChI=1S/C13H20F2N4O3/c1-9(2)8-21-13(20)19-5-3-4-18(6-7-19)12-17-16-11(22-12)10(14)15/h9-10H,3-8H2,1-2H3. The van der Waals surface area contributed by atoms with E-state index in [-0.39, 0.29) is 18.0 Å².